The third-order valence-corrected chi connectivity index (χ3v) is 5.74. The van der Waals surface area contributed by atoms with Gasteiger partial charge in [-0.3, -0.25) is 0 Å². The number of ether oxygens (including phenoxy) is 1. The van der Waals surface area contributed by atoms with Crippen LogP contribution in [0.4, 0.5) is 0 Å². The van der Waals surface area contributed by atoms with Gasteiger partial charge in [-0.1, -0.05) is 6.07 Å². The van der Waals surface area contributed by atoms with Crippen molar-refractivity contribution in [1.29, 1.82) is 0 Å². The van der Waals surface area contributed by atoms with E-state index in [2.05, 4.69) is 54.7 Å². The van der Waals surface area contributed by atoms with Gasteiger partial charge >= 0.3 is 7.12 Å². The van der Waals surface area contributed by atoms with Crippen LogP contribution in [0.15, 0.2) is 16.9 Å². The van der Waals surface area contributed by atoms with Crippen LogP contribution in [0.1, 0.15) is 52.0 Å². The highest BCUT2D eigenvalue weighted by atomic mass is 79.9. The molecule has 0 unspecified atom stereocenters. The quantitative estimate of drug-likeness (QED) is 0.595. The lowest BCUT2D eigenvalue weighted by Crippen LogP contribution is -2.41. The first-order valence-corrected chi connectivity index (χ1v) is 8.68. The predicted octanol–water partition coefficient (Wildman–Crippen LogP) is 3.04. The highest BCUT2D eigenvalue weighted by Crippen LogP contribution is 2.37. The summed E-state index contributed by atoms with van der Waals surface area (Å²) in [5, 5.41) is 0. The highest BCUT2D eigenvalue weighted by molar-refractivity contribution is 9.10. The molecule has 0 aliphatic carbocycles. The van der Waals surface area contributed by atoms with Crippen molar-refractivity contribution in [3.05, 3.63) is 22.4 Å². The molecule has 4 nitrogen and oxygen atoms in total. The average molecular weight is 368 g/mol. The third-order valence-electron chi connectivity index (χ3n) is 5.07. The minimum atomic E-state index is -0.357. The first-order chi connectivity index (χ1) is 10.3. The molecule has 3 heterocycles. The molecule has 0 saturated carbocycles. The number of halogens is 1. The molecule has 0 spiro atoms. The first-order valence-electron chi connectivity index (χ1n) is 7.89. The van der Waals surface area contributed by atoms with Gasteiger partial charge in [0.05, 0.1) is 11.2 Å². The van der Waals surface area contributed by atoms with Crippen LogP contribution in [0, 0.1) is 0 Å². The largest absolute Gasteiger partial charge is 0.496 e. The standard InChI is InChI=1S/C16H23BBrNO3/c1-15(2)16(3,4)22-17(21-15)12-9-13(14(18)19-10-12)11-5-7-20-8-6-11/h9-11H,5-8H2,1-4H3. The minimum Gasteiger partial charge on any atom is -0.399 e. The van der Waals surface area contributed by atoms with E-state index < -0.39 is 0 Å². The SMILES string of the molecule is CC1(C)OB(c2cnc(Br)c(C3CCOCC3)c2)OC1(C)C. The maximum atomic E-state index is 6.13. The molecular weight excluding hydrogens is 345 g/mol. The van der Waals surface area contributed by atoms with E-state index in [4.69, 9.17) is 14.0 Å². The molecule has 0 amide bonds. The summed E-state index contributed by atoms with van der Waals surface area (Å²) >= 11 is 3.59. The molecule has 120 valence electrons. The Bertz CT molecular complexity index is 542. The summed E-state index contributed by atoms with van der Waals surface area (Å²) in [7, 11) is -0.357. The zero-order valence-electron chi connectivity index (χ0n) is 13.7. The zero-order valence-corrected chi connectivity index (χ0v) is 15.3. The summed E-state index contributed by atoms with van der Waals surface area (Å²) < 4.78 is 18.6. The molecule has 0 aromatic carbocycles. The lowest BCUT2D eigenvalue weighted by Gasteiger charge is -2.32. The molecule has 1 aromatic heterocycles. The number of rotatable bonds is 2. The van der Waals surface area contributed by atoms with Crippen LogP contribution in [0.25, 0.3) is 0 Å². The molecule has 22 heavy (non-hydrogen) atoms. The van der Waals surface area contributed by atoms with Crippen LogP contribution in [0.3, 0.4) is 0 Å². The maximum absolute atomic E-state index is 6.13. The van der Waals surface area contributed by atoms with Crippen molar-refractivity contribution in [1.82, 2.24) is 4.98 Å². The van der Waals surface area contributed by atoms with Crippen LogP contribution >= 0.6 is 15.9 Å². The number of hydrogen-bond donors (Lipinski definition) is 0. The van der Waals surface area contributed by atoms with Gasteiger partial charge in [0.1, 0.15) is 4.60 Å². The van der Waals surface area contributed by atoms with Gasteiger partial charge in [0.2, 0.25) is 0 Å². The van der Waals surface area contributed by atoms with Crippen molar-refractivity contribution in [2.45, 2.75) is 57.7 Å². The summed E-state index contributed by atoms with van der Waals surface area (Å²) in [4.78, 5) is 4.51. The minimum absolute atomic E-state index is 0.330. The van der Waals surface area contributed by atoms with E-state index in [9.17, 15) is 0 Å². The van der Waals surface area contributed by atoms with Crippen molar-refractivity contribution in [2.24, 2.45) is 0 Å². The second kappa shape index (κ2) is 5.89. The summed E-state index contributed by atoms with van der Waals surface area (Å²) in [6, 6.07) is 2.18. The smallest absolute Gasteiger partial charge is 0.399 e. The highest BCUT2D eigenvalue weighted by Gasteiger charge is 2.51. The molecule has 0 N–H and O–H groups in total. The topological polar surface area (TPSA) is 40.6 Å². The Morgan fingerprint density at radius 1 is 1.14 bits per heavy atom. The fourth-order valence-electron chi connectivity index (χ4n) is 2.89. The molecule has 0 atom stereocenters. The second-order valence-corrected chi connectivity index (χ2v) is 7.87. The lowest BCUT2D eigenvalue weighted by molar-refractivity contribution is 0.00578. The number of hydrogen-bond acceptors (Lipinski definition) is 4. The molecule has 2 fully saturated rings. The summed E-state index contributed by atoms with van der Waals surface area (Å²) in [5.41, 5.74) is 1.56. The summed E-state index contributed by atoms with van der Waals surface area (Å²) in [6.45, 7) is 9.91. The Balaban J connectivity index is 1.87. The molecule has 2 aliphatic rings. The molecule has 2 aliphatic heterocycles. The van der Waals surface area contributed by atoms with Crippen LogP contribution in [0.5, 0.6) is 0 Å². The average Bonchev–Trinajstić information content (AvgIpc) is 2.69. The van der Waals surface area contributed by atoms with E-state index in [0.717, 1.165) is 36.1 Å². The number of pyridine rings is 1. The van der Waals surface area contributed by atoms with E-state index in [1.54, 1.807) is 0 Å². The molecule has 6 heteroatoms. The Labute approximate surface area is 141 Å². The molecule has 3 rings (SSSR count). The number of nitrogens with zero attached hydrogens (tertiary/aromatic N) is 1. The van der Waals surface area contributed by atoms with Gasteiger partial charge in [-0.2, -0.15) is 0 Å². The molecule has 0 radical (unpaired) electrons. The van der Waals surface area contributed by atoms with Gasteiger partial charge in [-0.05, 0) is 67.9 Å². The normalized spacial score (nSPS) is 24.7. The van der Waals surface area contributed by atoms with Gasteiger partial charge in [-0.15, -0.1) is 0 Å². The Morgan fingerprint density at radius 2 is 1.73 bits per heavy atom. The summed E-state index contributed by atoms with van der Waals surface area (Å²) in [5.74, 6) is 0.484. The lowest BCUT2D eigenvalue weighted by atomic mass is 9.78. The third kappa shape index (κ3) is 2.98. The maximum Gasteiger partial charge on any atom is 0.496 e. The monoisotopic (exact) mass is 367 g/mol. The Morgan fingerprint density at radius 3 is 2.32 bits per heavy atom. The molecule has 0 bridgehead atoms. The Kier molecular flexibility index (Phi) is 4.40. The van der Waals surface area contributed by atoms with E-state index in [1.165, 1.54) is 5.56 Å². The van der Waals surface area contributed by atoms with Gasteiger partial charge in [0, 0.05) is 24.9 Å². The van der Waals surface area contributed by atoms with E-state index >= 15 is 0 Å². The van der Waals surface area contributed by atoms with E-state index in [0.29, 0.717) is 5.92 Å². The van der Waals surface area contributed by atoms with Gasteiger partial charge in [0.15, 0.2) is 0 Å². The fourth-order valence-corrected chi connectivity index (χ4v) is 3.43. The van der Waals surface area contributed by atoms with Gasteiger partial charge in [-0.25, -0.2) is 4.98 Å². The van der Waals surface area contributed by atoms with Crippen molar-refractivity contribution in [3.8, 4) is 0 Å². The predicted molar refractivity (Wildman–Crippen MR) is 90.4 cm³/mol. The van der Waals surface area contributed by atoms with Crippen molar-refractivity contribution < 1.29 is 14.0 Å². The summed E-state index contributed by atoms with van der Waals surface area (Å²) in [6.07, 6.45) is 3.91. The first kappa shape index (κ1) is 16.4. The Hall–Kier alpha value is -0.425. The van der Waals surface area contributed by atoms with Crippen molar-refractivity contribution in [3.63, 3.8) is 0 Å². The van der Waals surface area contributed by atoms with Crippen molar-refractivity contribution in [2.75, 3.05) is 13.2 Å². The molecular formula is C16H23BBrNO3. The molecule has 1 aromatic rings. The van der Waals surface area contributed by atoms with Gasteiger partial charge in [0.25, 0.3) is 0 Å². The van der Waals surface area contributed by atoms with Gasteiger partial charge < -0.3 is 14.0 Å². The second-order valence-electron chi connectivity index (χ2n) is 7.12. The fraction of sp³-hybridized carbons (Fsp3) is 0.688. The molecule has 2 saturated heterocycles. The van der Waals surface area contributed by atoms with Crippen LogP contribution < -0.4 is 5.46 Å². The van der Waals surface area contributed by atoms with Crippen LogP contribution in [0.2, 0.25) is 0 Å². The van der Waals surface area contributed by atoms with Crippen LogP contribution in [-0.2, 0) is 14.0 Å². The van der Waals surface area contributed by atoms with E-state index in [-0.39, 0.29) is 18.3 Å². The van der Waals surface area contributed by atoms with E-state index in [1.807, 2.05) is 6.20 Å². The number of aromatic nitrogens is 1. The zero-order chi connectivity index (χ0) is 16.0. The van der Waals surface area contributed by atoms with Crippen LogP contribution in [-0.4, -0.2) is 36.5 Å². The van der Waals surface area contributed by atoms with Crippen molar-refractivity contribution >= 4 is 28.5 Å².